The summed E-state index contributed by atoms with van der Waals surface area (Å²) in [5.74, 6) is -0.0446. The molecule has 2 aromatic rings. The van der Waals surface area contributed by atoms with Crippen molar-refractivity contribution in [2.45, 2.75) is 13.5 Å². The average Bonchev–Trinajstić information content (AvgIpc) is 2.82. The molecule has 0 saturated heterocycles. The lowest BCUT2D eigenvalue weighted by Gasteiger charge is -2.12. The number of nitrogens with zero attached hydrogens (tertiary/aromatic N) is 1. The van der Waals surface area contributed by atoms with E-state index < -0.39 is 5.91 Å². The van der Waals surface area contributed by atoms with Gasteiger partial charge in [0, 0.05) is 24.9 Å². The highest BCUT2D eigenvalue weighted by molar-refractivity contribution is 6.29. The molecule has 21 heavy (non-hydrogen) atoms. The summed E-state index contributed by atoms with van der Waals surface area (Å²) in [4.78, 5) is 22.1. The van der Waals surface area contributed by atoms with E-state index in [2.05, 4.69) is 5.32 Å². The van der Waals surface area contributed by atoms with Gasteiger partial charge in [0.05, 0.1) is 6.61 Å². The van der Waals surface area contributed by atoms with Crippen molar-refractivity contribution < 1.29 is 14.3 Å². The van der Waals surface area contributed by atoms with Gasteiger partial charge in [0.1, 0.15) is 5.82 Å². The number of aldehydes is 1. The van der Waals surface area contributed by atoms with Gasteiger partial charge in [-0.3, -0.25) is 9.59 Å². The quantitative estimate of drug-likeness (QED) is 0.654. The van der Waals surface area contributed by atoms with Crippen LogP contribution in [0.3, 0.4) is 0 Å². The van der Waals surface area contributed by atoms with Gasteiger partial charge in [-0.1, -0.05) is 30.3 Å². The maximum Gasteiger partial charge on any atom is 0.289 e. The van der Waals surface area contributed by atoms with Crippen LogP contribution < -0.4 is 5.32 Å². The van der Waals surface area contributed by atoms with E-state index in [1.165, 1.54) is 0 Å². The minimum absolute atomic E-state index is 0.276. The first-order valence-corrected chi connectivity index (χ1v) is 6.68. The molecule has 1 aromatic heterocycles. The van der Waals surface area contributed by atoms with Gasteiger partial charge in [0.25, 0.3) is 5.91 Å². The highest BCUT2D eigenvalue weighted by Crippen LogP contribution is 2.31. The molecule has 0 bridgehead atoms. The van der Waals surface area contributed by atoms with Gasteiger partial charge >= 0.3 is 0 Å². The molecule has 0 aliphatic carbocycles. The van der Waals surface area contributed by atoms with Crippen LogP contribution in [0.5, 0.6) is 0 Å². The number of benzene rings is 1. The van der Waals surface area contributed by atoms with E-state index in [4.69, 9.17) is 4.74 Å². The molecular formula is C16H18N2O3. The monoisotopic (exact) mass is 286 g/mol. The topological polar surface area (TPSA) is 60.3 Å². The molecule has 0 aliphatic rings. The third kappa shape index (κ3) is 3.38. The van der Waals surface area contributed by atoms with Gasteiger partial charge < -0.3 is 14.6 Å². The van der Waals surface area contributed by atoms with Crippen LogP contribution in [0.1, 0.15) is 5.69 Å². The zero-order valence-electron chi connectivity index (χ0n) is 12.1. The number of methoxy groups -OCH3 is 1. The molecule has 1 amide bonds. The number of anilines is 1. The fraction of sp³-hybridized carbons (Fsp3) is 0.250. The van der Waals surface area contributed by atoms with E-state index >= 15 is 0 Å². The normalized spacial score (nSPS) is 10.4. The fourth-order valence-electron chi connectivity index (χ4n) is 2.27. The number of aromatic nitrogens is 1. The Kier molecular flexibility index (Phi) is 4.90. The van der Waals surface area contributed by atoms with Crippen LogP contribution in [-0.4, -0.2) is 30.5 Å². The Morgan fingerprint density at radius 1 is 1.33 bits per heavy atom. The molecule has 5 nitrogen and oxygen atoms in total. The van der Waals surface area contributed by atoms with Crippen LogP contribution in [0, 0.1) is 6.92 Å². The second kappa shape index (κ2) is 6.85. The second-order valence-electron chi connectivity index (χ2n) is 4.67. The minimum Gasteiger partial charge on any atom is -0.383 e. The third-order valence-electron chi connectivity index (χ3n) is 3.26. The Labute approximate surface area is 123 Å². The van der Waals surface area contributed by atoms with E-state index in [-0.39, 0.29) is 6.29 Å². The highest BCUT2D eigenvalue weighted by Gasteiger charge is 2.16. The Morgan fingerprint density at radius 3 is 2.67 bits per heavy atom. The summed E-state index contributed by atoms with van der Waals surface area (Å²) in [6, 6.07) is 11.7. The van der Waals surface area contributed by atoms with Crippen molar-refractivity contribution in [1.82, 2.24) is 4.57 Å². The zero-order chi connectivity index (χ0) is 15.2. The van der Waals surface area contributed by atoms with E-state index in [0.717, 1.165) is 16.8 Å². The van der Waals surface area contributed by atoms with Gasteiger partial charge in [-0.15, -0.1) is 0 Å². The lowest BCUT2D eigenvalue weighted by atomic mass is 10.1. The first-order chi connectivity index (χ1) is 10.2. The summed E-state index contributed by atoms with van der Waals surface area (Å²) >= 11 is 0. The summed E-state index contributed by atoms with van der Waals surface area (Å²) in [6.45, 7) is 3.08. The molecule has 0 spiro atoms. The predicted molar refractivity (Wildman–Crippen MR) is 81.2 cm³/mol. The highest BCUT2D eigenvalue weighted by atomic mass is 16.5. The number of aryl methyl sites for hydroxylation is 1. The largest absolute Gasteiger partial charge is 0.383 e. The molecule has 2 rings (SSSR count). The molecule has 1 N–H and O–H groups in total. The van der Waals surface area contributed by atoms with Crippen molar-refractivity contribution in [2.75, 3.05) is 19.0 Å². The summed E-state index contributed by atoms with van der Waals surface area (Å²) in [6.07, 6.45) is 0.276. The zero-order valence-corrected chi connectivity index (χ0v) is 12.1. The lowest BCUT2D eigenvalue weighted by molar-refractivity contribution is -0.127. The van der Waals surface area contributed by atoms with Crippen LogP contribution in [0.4, 0.5) is 5.82 Å². The van der Waals surface area contributed by atoms with Gasteiger partial charge in [-0.05, 0) is 18.6 Å². The molecule has 0 unspecified atom stereocenters. The van der Waals surface area contributed by atoms with Gasteiger partial charge in [-0.2, -0.15) is 0 Å². The van der Waals surface area contributed by atoms with Crippen LogP contribution in [0.2, 0.25) is 0 Å². The molecule has 0 saturated carbocycles. The number of nitrogens with one attached hydrogen (secondary N) is 1. The Hall–Kier alpha value is -2.40. The van der Waals surface area contributed by atoms with E-state index in [0.29, 0.717) is 19.0 Å². The SMILES string of the molecule is COCCn1c(C)cc(-c2ccccc2)c1NC(=O)C=O. The van der Waals surface area contributed by atoms with E-state index in [9.17, 15) is 9.59 Å². The number of hydrogen-bond donors (Lipinski definition) is 1. The number of ether oxygens (including phenoxy) is 1. The number of carbonyl (C=O) groups is 2. The second-order valence-corrected chi connectivity index (χ2v) is 4.67. The number of carbonyl (C=O) groups excluding carboxylic acids is 2. The summed E-state index contributed by atoms with van der Waals surface area (Å²) < 4.78 is 7.04. The molecule has 1 heterocycles. The maximum absolute atomic E-state index is 11.5. The fourth-order valence-corrected chi connectivity index (χ4v) is 2.27. The van der Waals surface area contributed by atoms with E-state index in [1.807, 2.05) is 47.9 Å². The minimum atomic E-state index is -0.663. The third-order valence-corrected chi connectivity index (χ3v) is 3.26. The maximum atomic E-state index is 11.5. The Morgan fingerprint density at radius 2 is 2.05 bits per heavy atom. The first-order valence-electron chi connectivity index (χ1n) is 6.68. The molecule has 0 atom stereocenters. The summed E-state index contributed by atoms with van der Waals surface area (Å²) in [7, 11) is 1.63. The van der Waals surface area contributed by atoms with Crippen molar-refractivity contribution in [1.29, 1.82) is 0 Å². The Bertz CT molecular complexity index is 632. The average molecular weight is 286 g/mol. The van der Waals surface area contributed by atoms with Crippen LogP contribution in [0.15, 0.2) is 36.4 Å². The Balaban J connectivity index is 2.48. The molecule has 0 radical (unpaired) electrons. The molecule has 1 aromatic carbocycles. The molecule has 5 heteroatoms. The lowest BCUT2D eigenvalue weighted by Crippen LogP contribution is -2.18. The van der Waals surface area contributed by atoms with Crippen LogP contribution >= 0.6 is 0 Å². The summed E-state index contributed by atoms with van der Waals surface area (Å²) in [5.41, 5.74) is 2.87. The number of hydrogen-bond acceptors (Lipinski definition) is 3. The smallest absolute Gasteiger partial charge is 0.289 e. The van der Waals surface area contributed by atoms with Crippen molar-refractivity contribution in [3.63, 3.8) is 0 Å². The van der Waals surface area contributed by atoms with Crippen molar-refractivity contribution in [3.8, 4) is 11.1 Å². The van der Waals surface area contributed by atoms with Crippen LogP contribution in [0.25, 0.3) is 11.1 Å². The van der Waals surface area contributed by atoms with E-state index in [1.54, 1.807) is 7.11 Å². The van der Waals surface area contributed by atoms with Gasteiger partial charge in [0.2, 0.25) is 6.29 Å². The van der Waals surface area contributed by atoms with Crippen molar-refractivity contribution in [2.24, 2.45) is 0 Å². The molecule has 110 valence electrons. The van der Waals surface area contributed by atoms with Crippen LogP contribution in [-0.2, 0) is 20.9 Å². The van der Waals surface area contributed by atoms with Gasteiger partial charge in [0.15, 0.2) is 0 Å². The number of rotatable bonds is 6. The molecular weight excluding hydrogens is 268 g/mol. The van der Waals surface area contributed by atoms with Crippen molar-refractivity contribution >= 4 is 18.0 Å². The molecule has 0 aliphatic heterocycles. The summed E-state index contributed by atoms with van der Waals surface area (Å²) in [5, 5.41) is 2.66. The first kappa shape index (κ1) is 15.0. The standard InChI is InChI=1S/C16H18N2O3/c1-12-10-14(13-6-4-3-5-7-13)16(17-15(20)11-19)18(12)8-9-21-2/h3-7,10-11H,8-9H2,1-2H3,(H,17,20). The molecule has 0 fully saturated rings. The van der Waals surface area contributed by atoms with Gasteiger partial charge in [-0.25, -0.2) is 0 Å². The number of amides is 1. The van der Waals surface area contributed by atoms with Crippen molar-refractivity contribution in [3.05, 3.63) is 42.1 Å². The predicted octanol–water partition coefficient (Wildman–Crippen LogP) is 2.25.